The fraction of sp³-hybridized carbons (Fsp3) is 0.455. The Labute approximate surface area is 83.1 Å². The summed E-state index contributed by atoms with van der Waals surface area (Å²) in [4.78, 5) is 15.2. The number of ether oxygens (including phenoxy) is 1. The lowest BCUT2D eigenvalue weighted by atomic mass is 9.93. The summed E-state index contributed by atoms with van der Waals surface area (Å²) in [6.45, 7) is 1.45. The van der Waals surface area contributed by atoms with Crippen LogP contribution < -0.4 is 0 Å². The minimum absolute atomic E-state index is 0.0788. The molecule has 1 aromatic rings. The molecule has 0 bridgehead atoms. The molecule has 1 atom stereocenters. The van der Waals surface area contributed by atoms with Gasteiger partial charge in [-0.15, -0.1) is 0 Å². The first kappa shape index (κ1) is 9.19. The van der Waals surface area contributed by atoms with Crippen LogP contribution in [-0.2, 0) is 16.0 Å². The van der Waals surface area contributed by atoms with Crippen molar-refractivity contribution in [3.05, 3.63) is 29.6 Å². The zero-order chi connectivity index (χ0) is 9.97. The van der Waals surface area contributed by atoms with Crippen LogP contribution >= 0.6 is 0 Å². The van der Waals surface area contributed by atoms with Crippen molar-refractivity contribution in [1.29, 1.82) is 0 Å². The summed E-state index contributed by atoms with van der Waals surface area (Å²) in [5, 5.41) is 0. The molecule has 3 nitrogen and oxygen atoms in total. The van der Waals surface area contributed by atoms with Gasteiger partial charge in [-0.3, -0.25) is 9.78 Å². The van der Waals surface area contributed by atoms with Gasteiger partial charge in [0.15, 0.2) is 0 Å². The fourth-order valence-corrected chi connectivity index (χ4v) is 1.89. The van der Waals surface area contributed by atoms with E-state index in [0.29, 0.717) is 0 Å². The predicted octanol–water partition coefficient (Wildman–Crippen LogP) is 2.02. The Balaban J connectivity index is 2.26. The molecular weight excluding hydrogens is 178 g/mol. The van der Waals surface area contributed by atoms with E-state index in [1.807, 2.05) is 12.1 Å². The van der Waals surface area contributed by atoms with Crippen molar-refractivity contribution in [1.82, 2.24) is 4.98 Å². The number of aryl methyl sites for hydroxylation is 1. The van der Waals surface area contributed by atoms with Crippen LogP contribution in [0.2, 0.25) is 0 Å². The summed E-state index contributed by atoms with van der Waals surface area (Å²) in [5.41, 5.74) is 2.15. The molecule has 0 spiro atoms. The lowest BCUT2D eigenvalue weighted by molar-refractivity contribution is -0.147. The maximum Gasteiger partial charge on any atom is 0.303 e. The smallest absolute Gasteiger partial charge is 0.303 e. The molecule has 1 aromatic heterocycles. The maximum atomic E-state index is 10.9. The molecule has 74 valence electrons. The van der Waals surface area contributed by atoms with Gasteiger partial charge in [0.1, 0.15) is 6.10 Å². The Kier molecular flexibility index (Phi) is 2.48. The number of hydrogen-bond donors (Lipinski definition) is 0. The van der Waals surface area contributed by atoms with E-state index in [1.54, 1.807) is 6.20 Å². The van der Waals surface area contributed by atoms with E-state index in [0.717, 1.165) is 30.5 Å². The van der Waals surface area contributed by atoms with Gasteiger partial charge in [-0.05, 0) is 25.3 Å². The molecule has 0 amide bonds. The van der Waals surface area contributed by atoms with Crippen LogP contribution in [0.5, 0.6) is 0 Å². The van der Waals surface area contributed by atoms with E-state index in [9.17, 15) is 4.79 Å². The van der Waals surface area contributed by atoms with Gasteiger partial charge in [-0.25, -0.2) is 0 Å². The number of carbonyl (C=O) groups excluding carboxylic acids is 1. The van der Waals surface area contributed by atoms with E-state index >= 15 is 0 Å². The average molecular weight is 191 g/mol. The highest BCUT2D eigenvalue weighted by molar-refractivity contribution is 5.66. The number of esters is 1. The fourth-order valence-electron chi connectivity index (χ4n) is 1.89. The second kappa shape index (κ2) is 3.78. The van der Waals surface area contributed by atoms with Crippen LogP contribution in [0.3, 0.4) is 0 Å². The third-order valence-electron chi connectivity index (χ3n) is 2.46. The summed E-state index contributed by atoms with van der Waals surface area (Å²) in [6.07, 6.45) is 4.66. The molecule has 0 saturated carbocycles. The molecule has 2 rings (SSSR count). The van der Waals surface area contributed by atoms with E-state index < -0.39 is 0 Å². The van der Waals surface area contributed by atoms with E-state index in [2.05, 4.69) is 4.98 Å². The molecular formula is C11H13NO2. The predicted molar refractivity (Wildman–Crippen MR) is 51.7 cm³/mol. The molecule has 0 fully saturated rings. The molecule has 3 heteroatoms. The number of carbonyl (C=O) groups is 1. The maximum absolute atomic E-state index is 10.9. The second-order valence-corrected chi connectivity index (χ2v) is 3.53. The van der Waals surface area contributed by atoms with Crippen LogP contribution in [0.15, 0.2) is 18.3 Å². The summed E-state index contributed by atoms with van der Waals surface area (Å²) in [7, 11) is 0. The van der Waals surface area contributed by atoms with Gasteiger partial charge in [-0.1, -0.05) is 6.07 Å². The highest BCUT2D eigenvalue weighted by atomic mass is 16.5. The average Bonchev–Trinajstić information content (AvgIpc) is 2.18. The lowest BCUT2D eigenvalue weighted by Crippen LogP contribution is -2.16. The van der Waals surface area contributed by atoms with E-state index in [4.69, 9.17) is 4.74 Å². The van der Waals surface area contributed by atoms with Crippen molar-refractivity contribution in [2.24, 2.45) is 0 Å². The van der Waals surface area contributed by atoms with Gasteiger partial charge < -0.3 is 4.74 Å². The van der Waals surface area contributed by atoms with Crippen LogP contribution in [0.1, 0.15) is 37.1 Å². The number of pyridine rings is 1. The summed E-state index contributed by atoms with van der Waals surface area (Å²) in [5.74, 6) is -0.216. The highest BCUT2D eigenvalue weighted by Crippen LogP contribution is 2.30. The van der Waals surface area contributed by atoms with Crippen LogP contribution in [-0.4, -0.2) is 11.0 Å². The molecule has 0 aliphatic heterocycles. The van der Waals surface area contributed by atoms with Gasteiger partial charge in [0, 0.05) is 24.4 Å². The topological polar surface area (TPSA) is 39.2 Å². The molecule has 1 aliphatic carbocycles. The molecule has 1 aliphatic rings. The standard InChI is InChI=1S/C11H13NO2/c1-8(13)14-11-6-2-5-10-9(11)4-3-7-12-10/h3-4,7,11H,2,5-6H2,1H3. The lowest BCUT2D eigenvalue weighted by Gasteiger charge is -2.23. The molecule has 14 heavy (non-hydrogen) atoms. The highest BCUT2D eigenvalue weighted by Gasteiger charge is 2.22. The zero-order valence-corrected chi connectivity index (χ0v) is 8.19. The van der Waals surface area contributed by atoms with Crippen molar-refractivity contribution >= 4 is 5.97 Å². The largest absolute Gasteiger partial charge is 0.458 e. The third-order valence-corrected chi connectivity index (χ3v) is 2.46. The number of hydrogen-bond acceptors (Lipinski definition) is 3. The molecule has 0 aromatic carbocycles. The van der Waals surface area contributed by atoms with Gasteiger partial charge in [0.2, 0.25) is 0 Å². The van der Waals surface area contributed by atoms with E-state index in [1.165, 1.54) is 6.92 Å². The monoisotopic (exact) mass is 191 g/mol. The Morgan fingerprint density at radius 3 is 3.29 bits per heavy atom. The SMILES string of the molecule is CC(=O)OC1CCCc2ncccc21. The Morgan fingerprint density at radius 1 is 1.64 bits per heavy atom. The van der Waals surface area contributed by atoms with Crippen LogP contribution in [0.25, 0.3) is 0 Å². The molecule has 0 N–H and O–H groups in total. The van der Waals surface area contributed by atoms with Gasteiger partial charge in [0.25, 0.3) is 0 Å². The second-order valence-electron chi connectivity index (χ2n) is 3.53. The number of fused-ring (bicyclic) bond motifs is 1. The first-order valence-corrected chi connectivity index (χ1v) is 4.88. The van der Waals surface area contributed by atoms with Crippen LogP contribution in [0, 0.1) is 0 Å². The molecule has 1 heterocycles. The van der Waals surface area contributed by atoms with Gasteiger partial charge in [0.05, 0.1) is 0 Å². The van der Waals surface area contributed by atoms with Crippen molar-refractivity contribution in [3.63, 3.8) is 0 Å². The van der Waals surface area contributed by atoms with Gasteiger partial charge in [-0.2, -0.15) is 0 Å². The quantitative estimate of drug-likeness (QED) is 0.637. The van der Waals surface area contributed by atoms with E-state index in [-0.39, 0.29) is 12.1 Å². The van der Waals surface area contributed by atoms with Crippen molar-refractivity contribution < 1.29 is 9.53 Å². The van der Waals surface area contributed by atoms with Gasteiger partial charge >= 0.3 is 5.97 Å². The number of aromatic nitrogens is 1. The number of nitrogens with zero attached hydrogens (tertiary/aromatic N) is 1. The summed E-state index contributed by atoms with van der Waals surface area (Å²) in [6, 6.07) is 3.88. The Morgan fingerprint density at radius 2 is 2.50 bits per heavy atom. The summed E-state index contributed by atoms with van der Waals surface area (Å²) < 4.78 is 5.24. The first-order chi connectivity index (χ1) is 6.77. The number of rotatable bonds is 1. The molecule has 0 radical (unpaired) electrons. The Hall–Kier alpha value is -1.38. The normalized spacial score (nSPS) is 19.9. The summed E-state index contributed by atoms with van der Waals surface area (Å²) >= 11 is 0. The molecule has 0 saturated heterocycles. The van der Waals surface area contributed by atoms with Crippen LogP contribution in [0.4, 0.5) is 0 Å². The third kappa shape index (κ3) is 1.76. The zero-order valence-electron chi connectivity index (χ0n) is 8.19. The van der Waals surface area contributed by atoms with Crippen molar-refractivity contribution in [2.45, 2.75) is 32.3 Å². The minimum atomic E-state index is -0.216. The van der Waals surface area contributed by atoms with Crippen molar-refractivity contribution in [3.8, 4) is 0 Å². The molecule has 1 unspecified atom stereocenters. The van der Waals surface area contributed by atoms with Crippen molar-refractivity contribution in [2.75, 3.05) is 0 Å². The Bertz CT molecular complexity index is 349. The minimum Gasteiger partial charge on any atom is -0.458 e. The first-order valence-electron chi connectivity index (χ1n) is 4.88.